The monoisotopic (exact) mass is 250 g/mol. The molecule has 2 saturated heterocycles. The van der Waals surface area contributed by atoms with Crippen molar-refractivity contribution < 1.29 is 4.79 Å². The average molecular weight is 250 g/mol. The molecule has 1 amide bonds. The first-order valence-corrected chi connectivity index (χ1v) is 7.68. The predicted molar refractivity (Wildman–Crippen MR) is 72.1 cm³/mol. The number of hydrogen-bond acceptors (Lipinski definition) is 2. The SMILES string of the molecule is CC1(C(=O)N2C3CCC2CC(N)C3)CCCCC1. The molecule has 1 saturated carbocycles. The van der Waals surface area contributed by atoms with Crippen LogP contribution >= 0.6 is 0 Å². The van der Waals surface area contributed by atoms with Gasteiger partial charge in [0.2, 0.25) is 5.91 Å². The summed E-state index contributed by atoms with van der Waals surface area (Å²) in [5.41, 5.74) is 6.02. The number of carbonyl (C=O) groups excluding carboxylic acids is 1. The van der Waals surface area contributed by atoms with Crippen LogP contribution in [0.25, 0.3) is 0 Å². The van der Waals surface area contributed by atoms with Crippen LogP contribution in [0.5, 0.6) is 0 Å². The number of carbonyl (C=O) groups is 1. The van der Waals surface area contributed by atoms with Crippen LogP contribution in [-0.2, 0) is 4.79 Å². The number of hydrogen-bond donors (Lipinski definition) is 1. The molecule has 0 aromatic rings. The molecular formula is C15H26N2O. The number of fused-ring (bicyclic) bond motifs is 2. The van der Waals surface area contributed by atoms with Crippen molar-refractivity contribution in [2.75, 3.05) is 0 Å². The van der Waals surface area contributed by atoms with Gasteiger partial charge in [0, 0.05) is 23.5 Å². The van der Waals surface area contributed by atoms with Crippen LogP contribution in [0, 0.1) is 5.41 Å². The molecule has 3 fully saturated rings. The number of amides is 1. The summed E-state index contributed by atoms with van der Waals surface area (Å²) in [6.07, 6.45) is 10.4. The molecule has 2 atom stereocenters. The van der Waals surface area contributed by atoms with Crippen LogP contribution in [0.1, 0.15) is 64.7 Å². The van der Waals surface area contributed by atoms with Gasteiger partial charge in [0.1, 0.15) is 0 Å². The molecule has 0 aromatic heterocycles. The molecule has 18 heavy (non-hydrogen) atoms. The second-order valence-corrected chi connectivity index (χ2v) is 6.95. The summed E-state index contributed by atoms with van der Waals surface area (Å²) in [6.45, 7) is 2.20. The highest BCUT2D eigenvalue weighted by molar-refractivity contribution is 5.83. The Hall–Kier alpha value is -0.570. The van der Waals surface area contributed by atoms with Gasteiger partial charge in [0.25, 0.3) is 0 Å². The molecule has 2 N–H and O–H groups in total. The minimum atomic E-state index is -0.0689. The molecule has 102 valence electrons. The van der Waals surface area contributed by atoms with E-state index in [1.54, 1.807) is 0 Å². The summed E-state index contributed by atoms with van der Waals surface area (Å²) in [6, 6.07) is 1.22. The number of nitrogens with two attached hydrogens (primary N) is 1. The summed E-state index contributed by atoms with van der Waals surface area (Å²) < 4.78 is 0. The molecule has 1 aliphatic carbocycles. The third kappa shape index (κ3) is 1.97. The lowest BCUT2D eigenvalue weighted by molar-refractivity contribution is -0.148. The van der Waals surface area contributed by atoms with Crippen LogP contribution in [0.15, 0.2) is 0 Å². The smallest absolute Gasteiger partial charge is 0.229 e. The number of nitrogens with zero attached hydrogens (tertiary/aromatic N) is 1. The van der Waals surface area contributed by atoms with Gasteiger partial charge < -0.3 is 10.6 Å². The first kappa shape index (κ1) is 12.5. The van der Waals surface area contributed by atoms with E-state index in [0.717, 1.165) is 25.7 Å². The molecular weight excluding hydrogens is 224 g/mol. The standard InChI is InChI=1S/C15H26N2O/c1-15(7-3-2-4-8-15)14(18)17-12-5-6-13(17)10-11(16)9-12/h11-13H,2-10,16H2,1H3. The maximum Gasteiger partial charge on any atom is 0.229 e. The van der Waals surface area contributed by atoms with Gasteiger partial charge in [-0.15, -0.1) is 0 Å². The molecule has 0 radical (unpaired) electrons. The third-order valence-electron chi connectivity index (χ3n) is 5.48. The highest BCUT2D eigenvalue weighted by Gasteiger charge is 2.47. The van der Waals surface area contributed by atoms with E-state index in [1.165, 1.54) is 32.1 Å². The van der Waals surface area contributed by atoms with Gasteiger partial charge in [-0.05, 0) is 38.5 Å². The average Bonchev–Trinajstić information content (AvgIpc) is 2.61. The Morgan fingerprint density at radius 3 is 2.22 bits per heavy atom. The molecule has 3 heteroatoms. The maximum atomic E-state index is 12.9. The zero-order chi connectivity index (χ0) is 12.8. The van der Waals surface area contributed by atoms with E-state index in [1.807, 2.05) is 0 Å². The van der Waals surface area contributed by atoms with Crippen molar-refractivity contribution in [3.63, 3.8) is 0 Å². The van der Waals surface area contributed by atoms with E-state index in [-0.39, 0.29) is 5.41 Å². The van der Waals surface area contributed by atoms with E-state index in [4.69, 9.17) is 5.73 Å². The first-order chi connectivity index (χ1) is 8.60. The summed E-state index contributed by atoms with van der Waals surface area (Å²) in [7, 11) is 0. The van der Waals surface area contributed by atoms with E-state index in [9.17, 15) is 4.79 Å². The van der Waals surface area contributed by atoms with Crippen LogP contribution in [0.4, 0.5) is 0 Å². The normalized spacial score (nSPS) is 38.8. The van der Waals surface area contributed by atoms with Gasteiger partial charge in [0.05, 0.1) is 0 Å². The van der Waals surface area contributed by atoms with Crippen LogP contribution in [0.3, 0.4) is 0 Å². The number of piperidine rings is 1. The van der Waals surface area contributed by atoms with Gasteiger partial charge in [-0.25, -0.2) is 0 Å². The van der Waals surface area contributed by atoms with Crippen molar-refractivity contribution >= 4 is 5.91 Å². The van der Waals surface area contributed by atoms with Crippen LogP contribution < -0.4 is 5.73 Å². The number of rotatable bonds is 1. The van der Waals surface area contributed by atoms with E-state index in [2.05, 4.69) is 11.8 Å². The summed E-state index contributed by atoms with van der Waals surface area (Å²) in [5, 5.41) is 0. The molecule has 3 aliphatic rings. The highest BCUT2D eigenvalue weighted by Crippen LogP contribution is 2.43. The van der Waals surface area contributed by atoms with Gasteiger partial charge in [-0.3, -0.25) is 4.79 Å². The second-order valence-electron chi connectivity index (χ2n) is 6.95. The molecule has 2 aliphatic heterocycles. The third-order valence-corrected chi connectivity index (χ3v) is 5.48. The Labute approximate surface area is 110 Å². The summed E-state index contributed by atoms with van der Waals surface area (Å²) >= 11 is 0. The Morgan fingerprint density at radius 1 is 1.11 bits per heavy atom. The summed E-state index contributed by atoms with van der Waals surface area (Å²) in [5.74, 6) is 0.446. The lowest BCUT2D eigenvalue weighted by Gasteiger charge is -2.44. The second kappa shape index (κ2) is 4.52. The minimum Gasteiger partial charge on any atom is -0.336 e. The molecule has 2 bridgehead atoms. The van der Waals surface area contributed by atoms with Crippen molar-refractivity contribution in [1.29, 1.82) is 0 Å². The molecule has 3 rings (SSSR count). The Morgan fingerprint density at radius 2 is 1.67 bits per heavy atom. The van der Waals surface area contributed by atoms with Crippen molar-refractivity contribution in [3.8, 4) is 0 Å². The first-order valence-electron chi connectivity index (χ1n) is 7.68. The fourth-order valence-corrected chi connectivity index (χ4v) is 4.41. The van der Waals surface area contributed by atoms with Crippen LogP contribution in [-0.4, -0.2) is 28.9 Å². The van der Waals surface area contributed by atoms with E-state index in [0.29, 0.717) is 24.0 Å². The minimum absolute atomic E-state index is 0.0689. The Balaban J connectivity index is 1.76. The van der Waals surface area contributed by atoms with Crippen molar-refractivity contribution in [2.24, 2.45) is 11.1 Å². The maximum absolute atomic E-state index is 12.9. The molecule has 0 spiro atoms. The van der Waals surface area contributed by atoms with Crippen molar-refractivity contribution in [3.05, 3.63) is 0 Å². The highest BCUT2D eigenvalue weighted by atomic mass is 16.2. The molecule has 3 nitrogen and oxygen atoms in total. The predicted octanol–water partition coefficient (Wildman–Crippen LogP) is 2.44. The van der Waals surface area contributed by atoms with Gasteiger partial charge in [-0.2, -0.15) is 0 Å². The largest absolute Gasteiger partial charge is 0.336 e. The van der Waals surface area contributed by atoms with Gasteiger partial charge in [0.15, 0.2) is 0 Å². The zero-order valence-electron chi connectivity index (χ0n) is 11.5. The fraction of sp³-hybridized carbons (Fsp3) is 0.933. The zero-order valence-corrected chi connectivity index (χ0v) is 11.5. The van der Waals surface area contributed by atoms with Gasteiger partial charge >= 0.3 is 0 Å². The quantitative estimate of drug-likeness (QED) is 0.777. The lowest BCUT2D eigenvalue weighted by Crippen LogP contribution is -2.54. The van der Waals surface area contributed by atoms with E-state index < -0.39 is 0 Å². The van der Waals surface area contributed by atoms with Crippen molar-refractivity contribution in [1.82, 2.24) is 4.90 Å². The lowest BCUT2D eigenvalue weighted by atomic mass is 9.74. The Kier molecular flexibility index (Phi) is 3.13. The van der Waals surface area contributed by atoms with E-state index >= 15 is 0 Å². The Bertz CT molecular complexity index is 321. The van der Waals surface area contributed by atoms with Crippen LogP contribution in [0.2, 0.25) is 0 Å². The van der Waals surface area contributed by atoms with Crippen molar-refractivity contribution in [2.45, 2.75) is 82.8 Å². The topological polar surface area (TPSA) is 46.3 Å². The summed E-state index contributed by atoms with van der Waals surface area (Å²) in [4.78, 5) is 15.2. The molecule has 2 unspecified atom stereocenters. The molecule has 2 heterocycles. The van der Waals surface area contributed by atoms with Gasteiger partial charge in [-0.1, -0.05) is 26.2 Å². The molecule has 0 aromatic carbocycles. The fourth-order valence-electron chi connectivity index (χ4n) is 4.41.